The Morgan fingerprint density at radius 3 is 2.57 bits per heavy atom. The lowest BCUT2D eigenvalue weighted by Gasteiger charge is -2.05. The van der Waals surface area contributed by atoms with Crippen molar-refractivity contribution in [3.63, 3.8) is 0 Å². The van der Waals surface area contributed by atoms with Crippen LogP contribution in [0, 0.1) is 6.92 Å². The minimum absolute atomic E-state index is 0.552. The lowest BCUT2D eigenvalue weighted by molar-refractivity contribution is 1.32. The predicted molar refractivity (Wildman–Crippen MR) is 66.9 cm³/mol. The second-order valence-corrected chi connectivity index (χ2v) is 5.09. The van der Waals surface area contributed by atoms with Crippen molar-refractivity contribution in [3.8, 4) is 0 Å². The number of fused-ring (bicyclic) bond motifs is 1. The Balaban J connectivity index is 2.94. The van der Waals surface area contributed by atoms with Gasteiger partial charge in [0.05, 0.1) is 5.52 Å². The van der Waals surface area contributed by atoms with E-state index in [9.17, 15) is 0 Å². The number of aromatic nitrogens is 1. The molecule has 1 aromatic heterocycles. The molecule has 0 fully saturated rings. The molecule has 0 radical (unpaired) electrons. The molecule has 14 heavy (non-hydrogen) atoms. The number of benzene rings is 1. The first kappa shape index (κ1) is 10.4. The molecule has 0 spiro atoms. The molecule has 0 aliphatic heterocycles. The minimum atomic E-state index is 0.552. The highest BCUT2D eigenvalue weighted by Gasteiger charge is 2.06. The molecule has 0 atom stereocenters. The third-order valence-electron chi connectivity index (χ3n) is 2.01. The van der Waals surface area contributed by atoms with Crippen LogP contribution in [0.3, 0.4) is 0 Å². The quantitative estimate of drug-likeness (QED) is 0.635. The molecule has 0 aliphatic carbocycles. The molecule has 0 unspecified atom stereocenters. The molecule has 0 aliphatic rings. The highest BCUT2D eigenvalue weighted by molar-refractivity contribution is 9.11. The van der Waals surface area contributed by atoms with E-state index in [-0.39, 0.29) is 0 Å². The van der Waals surface area contributed by atoms with Crippen LogP contribution in [0.5, 0.6) is 0 Å². The van der Waals surface area contributed by atoms with Crippen molar-refractivity contribution in [2.45, 2.75) is 6.92 Å². The van der Waals surface area contributed by atoms with Crippen molar-refractivity contribution < 1.29 is 0 Å². The summed E-state index contributed by atoms with van der Waals surface area (Å²) in [6.07, 6.45) is 0. The maximum Gasteiger partial charge on any atom is 0.132 e. The summed E-state index contributed by atoms with van der Waals surface area (Å²) in [5.74, 6) is 0. The summed E-state index contributed by atoms with van der Waals surface area (Å²) in [4.78, 5) is 4.32. The van der Waals surface area contributed by atoms with Crippen molar-refractivity contribution in [3.05, 3.63) is 37.9 Å². The topological polar surface area (TPSA) is 12.9 Å². The third kappa shape index (κ3) is 1.69. The van der Waals surface area contributed by atoms with E-state index in [1.165, 1.54) is 0 Å². The highest BCUT2D eigenvalue weighted by atomic mass is 79.9. The average Bonchev–Trinajstić information content (AvgIpc) is 2.15. The van der Waals surface area contributed by atoms with Crippen LogP contribution in [0.25, 0.3) is 10.9 Å². The highest BCUT2D eigenvalue weighted by Crippen LogP contribution is 2.31. The number of aryl methyl sites for hydroxylation is 1. The molecular weight excluding hydrogens is 329 g/mol. The lowest BCUT2D eigenvalue weighted by atomic mass is 10.2. The fourth-order valence-corrected chi connectivity index (χ4v) is 2.28. The van der Waals surface area contributed by atoms with E-state index in [2.05, 4.69) is 36.8 Å². The Bertz CT molecular complexity index is 464. The van der Waals surface area contributed by atoms with Crippen LogP contribution in [0.15, 0.2) is 27.1 Å². The molecule has 1 nitrogen and oxygen atoms in total. The molecular formula is C10H6Br2ClN. The molecule has 0 saturated carbocycles. The molecule has 1 aromatic carbocycles. The molecule has 2 aromatic rings. The average molecular weight is 335 g/mol. The summed E-state index contributed by atoms with van der Waals surface area (Å²) in [6, 6.07) is 5.96. The first-order valence-corrected chi connectivity index (χ1v) is 5.97. The van der Waals surface area contributed by atoms with Crippen molar-refractivity contribution in [2.75, 3.05) is 0 Å². The standard InChI is InChI=1S/C10H6Br2ClN/c1-5-4-6-7(11)2-3-8(12)9(6)14-10(5)13/h2-4H,1H3. The van der Waals surface area contributed by atoms with Gasteiger partial charge >= 0.3 is 0 Å². The van der Waals surface area contributed by atoms with E-state index in [4.69, 9.17) is 11.6 Å². The van der Waals surface area contributed by atoms with Crippen molar-refractivity contribution >= 4 is 54.4 Å². The van der Waals surface area contributed by atoms with E-state index in [0.717, 1.165) is 25.4 Å². The summed E-state index contributed by atoms with van der Waals surface area (Å²) < 4.78 is 1.99. The molecule has 4 heteroatoms. The van der Waals surface area contributed by atoms with Crippen LogP contribution in [0.1, 0.15) is 5.56 Å². The Labute approximate surface area is 104 Å². The number of pyridine rings is 1. The predicted octanol–water partition coefficient (Wildman–Crippen LogP) is 4.72. The molecule has 72 valence electrons. The number of hydrogen-bond donors (Lipinski definition) is 0. The van der Waals surface area contributed by atoms with Crippen LogP contribution in [-0.4, -0.2) is 4.98 Å². The Hall–Kier alpha value is -0.120. The van der Waals surface area contributed by atoms with Gasteiger partial charge in [-0.2, -0.15) is 0 Å². The zero-order valence-corrected chi connectivity index (χ0v) is 11.2. The Kier molecular flexibility index (Phi) is 2.82. The Morgan fingerprint density at radius 2 is 1.86 bits per heavy atom. The van der Waals surface area contributed by atoms with E-state index >= 15 is 0 Å². The van der Waals surface area contributed by atoms with Crippen LogP contribution >= 0.6 is 43.5 Å². The van der Waals surface area contributed by atoms with Crippen molar-refractivity contribution in [2.24, 2.45) is 0 Å². The molecule has 1 heterocycles. The first-order valence-electron chi connectivity index (χ1n) is 4.00. The van der Waals surface area contributed by atoms with Gasteiger partial charge in [-0.3, -0.25) is 0 Å². The monoisotopic (exact) mass is 333 g/mol. The maximum atomic E-state index is 5.96. The van der Waals surface area contributed by atoms with Gasteiger partial charge in [0.15, 0.2) is 0 Å². The molecule has 2 rings (SSSR count). The summed E-state index contributed by atoms with van der Waals surface area (Å²) in [5, 5.41) is 1.62. The smallest absolute Gasteiger partial charge is 0.132 e. The largest absolute Gasteiger partial charge is 0.235 e. The summed E-state index contributed by atoms with van der Waals surface area (Å²) >= 11 is 12.9. The molecule has 0 saturated heterocycles. The maximum absolute atomic E-state index is 5.96. The summed E-state index contributed by atoms with van der Waals surface area (Å²) in [6.45, 7) is 1.95. The SMILES string of the molecule is Cc1cc2c(Br)ccc(Br)c2nc1Cl. The van der Waals surface area contributed by atoms with Gasteiger partial charge < -0.3 is 0 Å². The number of hydrogen-bond acceptors (Lipinski definition) is 1. The Morgan fingerprint density at radius 1 is 1.21 bits per heavy atom. The first-order chi connectivity index (χ1) is 6.59. The van der Waals surface area contributed by atoms with Gasteiger partial charge in [0.1, 0.15) is 5.15 Å². The van der Waals surface area contributed by atoms with E-state index in [1.54, 1.807) is 0 Å². The van der Waals surface area contributed by atoms with Gasteiger partial charge in [0, 0.05) is 14.3 Å². The second-order valence-electron chi connectivity index (χ2n) is 3.02. The van der Waals surface area contributed by atoms with E-state index < -0.39 is 0 Å². The second kappa shape index (κ2) is 3.80. The van der Waals surface area contributed by atoms with Crippen LogP contribution < -0.4 is 0 Å². The van der Waals surface area contributed by atoms with Gasteiger partial charge in [0.2, 0.25) is 0 Å². The van der Waals surface area contributed by atoms with E-state index in [1.807, 2.05) is 25.1 Å². The number of nitrogens with zero attached hydrogens (tertiary/aromatic N) is 1. The summed E-state index contributed by atoms with van der Waals surface area (Å²) in [5.41, 5.74) is 1.87. The van der Waals surface area contributed by atoms with Crippen molar-refractivity contribution in [1.82, 2.24) is 4.98 Å². The van der Waals surface area contributed by atoms with Crippen LogP contribution in [-0.2, 0) is 0 Å². The third-order valence-corrected chi connectivity index (χ3v) is 3.72. The van der Waals surface area contributed by atoms with Gasteiger partial charge in [-0.25, -0.2) is 4.98 Å². The van der Waals surface area contributed by atoms with Gasteiger partial charge in [-0.1, -0.05) is 27.5 Å². The number of rotatable bonds is 0. The lowest BCUT2D eigenvalue weighted by Crippen LogP contribution is -1.86. The zero-order chi connectivity index (χ0) is 10.3. The van der Waals surface area contributed by atoms with Gasteiger partial charge in [0.25, 0.3) is 0 Å². The zero-order valence-electron chi connectivity index (χ0n) is 7.31. The fourth-order valence-electron chi connectivity index (χ4n) is 1.27. The molecule has 0 N–H and O–H groups in total. The van der Waals surface area contributed by atoms with Gasteiger partial charge in [-0.05, 0) is 46.6 Å². The van der Waals surface area contributed by atoms with Gasteiger partial charge in [-0.15, -0.1) is 0 Å². The number of halogens is 3. The van der Waals surface area contributed by atoms with Crippen LogP contribution in [0.2, 0.25) is 5.15 Å². The van der Waals surface area contributed by atoms with Crippen molar-refractivity contribution in [1.29, 1.82) is 0 Å². The molecule has 0 amide bonds. The summed E-state index contributed by atoms with van der Waals surface area (Å²) in [7, 11) is 0. The molecule has 0 bridgehead atoms. The minimum Gasteiger partial charge on any atom is -0.235 e. The normalized spacial score (nSPS) is 10.9. The fraction of sp³-hybridized carbons (Fsp3) is 0.100. The van der Waals surface area contributed by atoms with E-state index in [0.29, 0.717) is 5.15 Å². The van der Waals surface area contributed by atoms with Crippen LogP contribution in [0.4, 0.5) is 0 Å².